The second-order valence-corrected chi connectivity index (χ2v) is 11.3. The average molecular weight is 572 g/mol. The number of nitrogens with one attached hydrogen (secondary N) is 1. The standard InChI is InChI=1S/C30H30ClN7O3/c31-24-7-3-2-6-22(24)23-16-37(29-27(23)28(32-18-33-29)36-14-21(39)15-36)17-26(40)35-11-9-20(10-12-35)38-13-19-5-1-4-8-25(19)34-30(38)41/h1-8,16,18,20-21,39H,9-15,17H2,(H,34,41). The van der Waals surface area contributed by atoms with Gasteiger partial charge in [-0.1, -0.05) is 48.0 Å². The number of benzene rings is 2. The van der Waals surface area contributed by atoms with Crippen molar-refractivity contribution >= 4 is 46.1 Å². The van der Waals surface area contributed by atoms with Crippen LogP contribution in [-0.4, -0.2) is 79.7 Å². The topological polar surface area (TPSA) is 107 Å². The first kappa shape index (κ1) is 25.8. The minimum Gasteiger partial charge on any atom is -0.389 e. The normalized spacial score (nSPS) is 17.9. The molecule has 210 valence electrons. The number of piperidine rings is 1. The molecule has 2 aromatic heterocycles. The molecule has 41 heavy (non-hydrogen) atoms. The first-order valence-corrected chi connectivity index (χ1v) is 14.3. The van der Waals surface area contributed by atoms with Crippen LogP contribution < -0.4 is 10.2 Å². The highest BCUT2D eigenvalue weighted by Crippen LogP contribution is 2.39. The predicted molar refractivity (Wildman–Crippen MR) is 157 cm³/mol. The second-order valence-electron chi connectivity index (χ2n) is 10.9. The highest BCUT2D eigenvalue weighted by molar-refractivity contribution is 6.33. The number of β-amino-alcohol motifs (C(OH)–C–C–N with tert-alkyl or cyclic N) is 1. The second kappa shape index (κ2) is 10.4. The van der Waals surface area contributed by atoms with Crippen molar-refractivity contribution in [1.29, 1.82) is 0 Å². The fourth-order valence-corrected chi connectivity index (χ4v) is 6.41. The van der Waals surface area contributed by atoms with Gasteiger partial charge in [0.15, 0.2) is 0 Å². The molecule has 0 atom stereocenters. The lowest BCUT2D eigenvalue weighted by molar-refractivity contribution is -0.133. The lowest BCUT2D eigenvalue weighted by atomic mass is 10.0. The Morgan fingerprint density at radius 3 is 2.56 bits per heavy atom. The van der Waals surface area contributed by atoms with E-state index in [9.17, 15) is 14.7 Å². The number of carbonyl (C=O) groups is 2. The summed E-state index contributed by atoms with van der Waals surface area (Å²) in [5.74, 6) is 0.725. The third-order valence-electron chi connectivity index (χ3n) is 8.38. The van der Waals surface area contributed by atoms with E-state index >= 15 is 0 Å². The number of halogens is 1. The molecule has 0 radical (unpaired) electrons. The molecule has 2 fully saturated rings. The minimum absolute atomic E-state index is 0.000894. The molecule has 0 bridgehead atoms. The third-order valence-corrected chi connectivity index (χ3v) is 8.71. The molecule has 3 aliphatic rings. The minimum atomic E-state index is -0.388. The van der Waals surface area contributed by atoms with Crippen LogP contribution in [0.15, 0.2) is 61.1 Å². The molecule has 10 nitrogen and oxygen atoms in total. The maximum Gasteiger partial charge on any atom is 0.322 e. The number of hydrogen-bond acceptors (Lipinski definition) is 6. The van der Waals surface area contributed by atoms with Crippen LogP contribution in [0.5, 0.6) is 0 Å². The summed E-state index contributed by atoms with van der Waals surface area (Å²) in [4.78, 5) is 41.3. The number of aliphatic hydroxyl groups is 1. The number of anilines is 2. The van der Waals surface area contributed by atoms with Crippen molar-refractivity contribution in [2.75, 3.05) is 36.4 Å². The summed E-state index contributed by atoms with van der Waals surface area (Å²) >= 11 is 6.60. The molecular weight excluding hydrogens is 542 g/mol. The van der Waals surface area contributed by atoms with Gasteiger partial charge >= 0.3 is 6.03 Å². The Balaban J connectivity index is 1.11. The van der Waals surface area contributed by atoms with Gasteiger partial charge in [0, 0.05) is 66.8 Å². The van der Waals surface area contributed by atoms with Crippen LogP contribution in [0.1, 0.15) is 18.4 Å². The Hall–Kier alpha value is -4.15. The zero-order valence-corrected chi connectivity index (χ0v) is 23.2. The van der Waals surface area contributed by atoms with Gasteiger partial charge in [0.1, 0.15) is 24.3 Å². The van der Waals surface area contributed by atoms with Crippen LogP contribution in [-0.2, 0) is 17.9 Å². The lowest BCUT2D eigenvalue weighted by Gasteiger charge is -2.40. The summed E-state index contributed by atoms with van der Waals surface area (Å²) < 4.78 is 1.87. The Labute approximate surface area is 242 Å². The molecule has 0 spiro atoms. The number of amides is 3. The SMILES string of the molecule is O=C(Cn1cc(-c2ccccc2Cl)c2c(N3CC(O)C3)ncnc21)N1CCC(N2Cc3ccccc3NC2=O)CC1. The number of rotatable bonds is 5. The van der Waals surface area contributed by atoms with Crippen LogP contribution in [0.2, 0.25) is 5.02 Å². The van der Waals surface area contributed by atoms with E-state index in [4.69, 9.17) is 11.6 Å². The quantitative estimate of drug-likeness (QED) is 0.375. The average Bonchev–Trinajstić information content (AvgIpc) is 3.33. The number of aromatic nitrogens is 3. The van der Waals surface area contributed by atoms with E-state index in [0.29, 0.717) is 43.4 Å². The van der Waals surface area contributed by atoms with Crippen molar-refractivity contribution in [3.63, 3.8) is 0 Å². The molecule has 3 amide bonds. The van der Waals surface area contributed by atoms with Gasteiger partial charge in [0.2, 0.25) is 5.91 Å². The van der Waals surface area contributed by atoms with E-state index < -0.39 is 0 Å². The van der Waals surface area contributed by atoms with Crippen LogP contribution >= 0.6 is 11.6 Å². The largest absolute Gasteiger partial charge is 0.389 e. The van der Waals surface area contributed by atoms with E-state index in [1.54, 1.807) is 0 Å². The smallest absolute Gasteiger partial charge is 0.322 e. The molecule has 5 heterocycles. The van der Waals surface area contributed by atoms with E-state index in [0.717, 1.165) is 46.4 Å². The van der Waals surface area contributed by atoms with Crippen LogP contribution in [0.3, 0.4) is 0 Å². The van der Waals surface area contributed by atoms with Crippen molar-refractivity contribution in [2.45, 2.75) is 38.1 Å². The Morgan fingerprint density at radius 1 is 1.02 bits per heavy atom. The Kier molecular flexibility index (Phi) is 6.51. The van der Waals surface area contributed by atoms with Crippen molar-refractivity contribution in [2.24, 2.45) is 0 Å². The summed E-state index contributed by atoms with van der Waals surface area (Å²) in [6.07, 6.45) is 4.50. The maximum absolute atomic E-state index is 13.6. The van der Waals surface area contributed by atoms with Gasteiger partial charge in [-0.25, -0.2) is 14.8 Å². The van der Waals surface area contributed by atoms with Crippen LogP contribution in [0.4, 0.5) is 16.3 Å². The number of fused-ring (bicyclic) bond motifs is 2. The molecular formula is C30H30ClN7O3. The summed E-state index contributed by atoms with van der Waals surface area (Å²) in [7, 11) is 0. The molecule has 11 heteroatoms. The number of likely N-dealkylation sites (tertiary alicyclic amines) is 1. The summed E-state index contributed by atoms with van der Waals surface area (Å²) in [5.41, 5.74) is 4.32. The van der Waals surface area contributed by atoms with Gasteiger partial charge in [-0.2, -0.15) is 0 Å². The Bertz CT molecular complexity index is 1640. The van der Waals surface area contributed by atoms with E-state index in [-0.39, 0.29) is 30.6 Å². The van der Waals surface area contributed by atoms with Gasteiger partial charge in [-0.05, 0) is 30.5 Å². The number of nitrogens with zero attached hydrogens (tertiary/aromatic N) is 6. The van der Waals surface area contributed by atoms with Gasteiger partial charge in [0.05, 0.1) is 11.5 Å². The summed E-state index contributed by atoms with van der Waals surface area (Å²) in [5, 5.41) is 14.3. The number of hydrogen-bond donors (Lipinski definition) is 2. The Morgan fingerprint density at radius 2 is 1.78 bits per heavy atom. The summed E-state index contributed by atoms with van der Waals surface area (Å²) in [6, 6.07) is 15.5. The number of carbonyl (C=O) groups excluding carboxylic acids is 2. The first-order chi connectivity index (χ1) is 20.0. The number of para-hydroxylation sites is 1. The molecule has 3 aliphatic heterocycles. The fourth-order valence-electron chi connectivity index (χ4n) is 6.17. The monoisotopic (exact) mass is 571 g/mol. The van der Waals surface area contributed by atoms with Crippen LogP contribution in [0.25, 0.3) is 22.2 Å². The van der Waals surface area contributed by atoms with Crippen molar-refractivity contribution in [3.05, 3.63) is 71.6 Å². The van der Waals surface area contributed by atoms with Crippen molar-refractivity contribution in [1.82, 2.24) is 24.3 Å². The van der Waals surface area contributed by atoms with Crippen molar-refractivity contribution < 1.29 is 14.7 Å². The summed E-state index contributed by atoms with van der Waals surface area (Å²) in [6.45, 7) is 2.86. The third kappa shape index (κ3) is 4.66. The highest BCUT2D eigenvalue weighted by Gasteiger charge is 2.33. The zero-order valence-electron chi connectivity index (χ0n) is 22.4. The zero-order chi connectivity index (χ0) is 28.1. The van der Waals surface area contributed by atoms with Gasteiger partial charge in [0.25, 0.3) is 0 Å². The molecule has 7 rings (SSSR count). The molecule has 4 aromatic rings. The molecule has 0 aliphatic carbocycles. The lowest BCUT2D eigenvalue weighted by Crippen LogP contribution is -2.51. The maximum atomic E-state index is 13.6. The molecule has 2 N–H and O–H groups in total. The van der Waals surface area contributed by atoms with E-state index in [1.165, 1.54) is 6.33 Å². The molecule has 0 unspecified atom stereocenters. The molecule has 2 saturated heterocycles. The van der Waals surface area contributed by atoms with E-state index in [1.807, 2.05) is 74.0 Å². The predicted octanol–water partition coefficient (Wildman–Crippen LogP) is 3.97. The first-order valence-electron chi connectivity index (χ1n) is 13.9. The van der Waals surface area contributed by atoms with Gasteiger partial charge in [-0.3, -0.25) is 4.79 Å². The van der Waals surface area contributed by atoms with Gasteiger partial charge < -0.3 is 29.7 Å². The molecule has 2 aromatic carbocycles. The number of aliphatic hydroxyl groups excluding tert-OH is 1. The molecule has 0 saturated carbocycles. The fraction of sp³-hybridized carbons (Fsp3) is 0.333. The highest BCUT2D eigenvalue weighted by atomic mass is 35.5. The van der Waals surface area contributed by atoms with Crippen LogP contribution in [0, 0.1) is 0 Å². The van der Waals surface area contributed by atoms with Crippen molar-refractivity contribution in [3.8, 4) is 11.1 Å². The van der Waals surface area contributed by atoms with Gasteiger partial charge in [-0.15, -0.1) is 0 Å². The van der Waals surface area contributed by atoms with E-state index in [2.05, 4.69) is 15.3 Å². The number of urea groups is 1.